The number of nitrogens with one attached hydrogen (secondary N) is 2. The first kappa shape index (κ1) is 31.6. The number of aromatic nitrogens is 1. The standard InChI is InChI=1S/C29H43N5O5/c1-29(2,3)39-27(36)31-18-12-10-16-25(32-28(37)38-22-23-13-7-6-8-14-23)26(35)34(20-19-33(4)5)21-24-15-9-11-17-30-24/h6-9,11,13-15,17,25H,10,12,16,18-22H2,1-5H3,(H,31,36)(H,32,37)/t25-/m0/s1. The molecule has 1 aromatic heterocycles. The zero-order valence-corrected chi connectivity index (χ0v) is 23.8. The Kier molecular flexibility index (Phi) is 13.2. The van der Waals surface area contributed by atoms with Crippen molar-refractivity contribution in [2.24, 2.45) is 0 Å². The quantitative estimate of drug-likeness (QED) is 0.348. The monoisotopic (exact) mass is 541 g/mol. The summed E-state index contributed by atoms with van der Waals surface area (Å²) < 4.78 is 10.7. The summed E-state index contributed by atoms with van der Waals surface area (Å²) in [6, 6.07) is 14.1. The van der Waals surface area contributed by atoms with Gasteiger partial charge in [-0.25, -0.2) is 9.59 Å². The highest BCUT2D eigenvalue weighted by molar-refractivity contribution is 5.85. The summed E-state index contributed by atoms with van der Waals surface area (Å²) in [5.74, 6) is -0.209. The average molecular weight is 542 g/mol. The Morgan fingerprint density at radius 1 is 0.949 bits per heavy atom. The summed E-state index contributed by atoms with van der Waals surface area (Å²) in [4.78, 5) is 46.4. The highest BCUT2D eigenvalue weighted by Crippen LogP contribution is 2.11. The maximum Gasteiger partial charge on any atom is 0.408 e. The van der Waals surface area contributed by atoms with Crippen molar-refractivity contribution in [2.45, 2.75) is 64.8 Å². The summed E-state index contributed by atoms with van der Waals surface area (Å²) >= 11 is 0. The van der Waals surface area contributed by atoms with Crippen molar-refractivity contribution in [3.05, 3.63) is 66.0 Å². The number of benzene rings is 1. The van der Waals surface area contributed by atoms with Gasteiger partial charge in [0.05, 0.1) is 12.2 Å². The molecule has 214 valence electrons. The van der Waals surface area contributed by atoms with Crippen LogP contribution in [0.2, 0.25) is 0 Å². The van der Waals surface area contributed by atoms with E-state index >= 15 is 0 Å². The van der Waals surface area contributed by atoms with Crippen molar-refractivity contribution in [1.29, 1.82) is 0 Å². The third-order valence-electron chi connectivity index (χ3n) is 5.60. The second-order valence-corrected chi connectivity index (χ2v) is 10.6. The van der Waals surface area contributed by atoms with E-state index in [1.165, 1.54) is 0 Å². The number of likely N-dealkylation sites (N-methyl/N-ethyl adjacent to an activating group) is 1. The van der Waals surface area contributed by atoms with Crippen molar-refractivity contribution in [3.63, 3.8) is 0 Å². The molecule has 0 saturated heterocycles. The summed E-state index contributed by atoms with van der Waals surface area (Å²) in [6.45, 7) is 7.36. The predicted octanol–water partition coefficient (Wildman–Crippen LogP) is 3.96. The second-order valence-electron chi connectivity index (χ2n) is 10.6. The van der Waals surface area contributed by atoms with Crippen LogP contribution in [0.4, 0.5) is 9.59 Å². The number of alkyl carbamates (subject to hydrolysis) is 2. The summed E-state index contributed by atoms with van der Waals surface area (Å²) in [5.41, 5.74) is 1.04. The van der Waals surface area contributed by atoms with Gasteiger partial charge in [-0.3, -0.25) is 9.78 Å². The lowest BCUT2D eigenvalue weighted by atomic mass is 10.1. The van der Waals surface area contributed by atoms with Gasteiger partial charge in [0.25, 0.3) is 0 Å². The van der Waals surface area contributed by atoms with Crippen molar-refractivity contribution in [3.8, 4) is 0 Å². The molecule has 0 saturated carbocycles. The van der Waals surface area contributed by atoms with Crippen LogP contribution in [0.15, 0.2) is 54.7 Å². The van der Waals surface area contributed by atoms with E-state index < -0.39 is 23.8 Å². The molecule has 0 spiro atoms. The van der Waals surface area contributed by atoms with E-state index in [2.05, 4.69) is 15.6 Å². The lowest BCUT2D eigenvalue weighted by molar-refractivity contribution is -0.134. The number of carbonyl (C=O) groups is 3. The normalized spacial score (nSPS) is 11.9. The van der Waals surface area contributed by atoms with E-state index in [1.54, 1.807) is 31.9 Å². The largest absolute Gasteiger partial charge is 0.445 e. The summed E-state index contributed by atoms with van der Waals surface area (Å²) in [6.07, 6.45) is 2.14. The van der Waals surface area contributed by atoms with Gasteiger partial charge < -0.3 is 29.9 Å². The molecule has 0 fully saturated rings. The highest BCUT2D eigenvalue weighted by atomic mass is 16.6. The van der Waals surface area contributed by atoms with Gasteiger partial charge in [-0.15, -0.1) is 0 Å². The Hall–Kier alpha value is -3.66. The van der Waals surface area contributed by atoms with Crippen LogP contribution in [0.25, 0.3) is 0 Å². The van der Waals surface area contributed by atoms with Crippen LogP contribution in [0.1, 0.15) is 51.3 Å². The van der Waals surface area contributed by atoms with Gasteiger partial charge in [-0.05, 0) is 71.8 Å². The Morgan fingerprint density at radius 3 is 2.31 bits per heavy atom. The van der Waals surface area contributed by atoms with Crippen LogP contribution >= 0.6 is 0 Å². The molecule has 2 N–H and O–H groups in total. The van der Waals surface area contributed by atoms with E-state index in [4.69, 9.17) is 9.47 Å². The number of ether oxygens (including phenoxy) is 2. The van der Waals surface area contributed by atoms with E-state index in [-0.39, 0.29) is 12.5 Å². The highest BCUT2D eigenvalue weighted by Gasteiger charge is 2.27. The zero-order valence-electron chi connectivity index (χ0n) is 23.8. The minimum absolute atomic E-state index is 0.103. The third kappa shape index (κ3) is 13.6. The van der Waals surface area contributed by atoms with Crippen LogP contribution in [0, 0.1) is 0 Å². The molecule has 0 aliphatic heterocycles. The molecular weight excluding hydrogens is 498 g/mol. The molecule has 0 bridgehead atoms. The van der Waals surface area contributed by atoms with Crippen LogP contribution in [0.5, 0.6) is 0 Å². The van der Waals surface area contributed by atoms with Crippen molar-refractivity contribution < 1.29 is 23.9 Å². The minimum Gasteiger partial charge on any atom is -0.445 e. The molecule has 39 heavy (non-hydrogen) atoms. The third-order valence-corrected chi connectivity index (χ3v) is 5.60. The molecule has 1 heterocycles. The fraction of sp³-hybridized carbons (Fsp3) is 0.517. The van der Waals surface area contributed by atoms with E-state index in [0.29, 0.717) is 45.4 Å². The fourth-order valence-corrected chi connectivity index (χ4v) is 3.64. The molecule has 2 rings (SSSR count). The predicted molar refractivity (Wildman–Crippen MR) is 150 cm³/mol. The van der Waals surface area contributed by atoms with Crippen LogP contribution in [-0.4, -0.2) is 78.2 Å². The Labute approximate surface area is 232 Å². The van der Waals surface area contributed by atoms with Crippen LogP contribution < -0.4 is 10.6 Å². The van der Waals surface area contributed by atoms with Gasteiger partial charge in [0.1, 0.15) is 18.2 Å². The van der Waals surface area contributed by atoms with Gasteiger partial charge in [0.15, 0.2) is 0 Å². The molecule has 1 aromatic carbocycles. The maximum absolute atomic E-state index is 13.7. The topological polar surface area (TPSA) is 113 Å². The molecular formula is C29H43N5O5. The SMILES string of the molecule is CN(C)CCN(Cc1ccccn1)C(=O)[C@H](CCCCNC(=O)OC(C)(C)C)NC(=O)OCc1ccccc1. The number of carbonyl (C=O) groups excluding carboxylic acids is 3. The molecule has 0 unspecified atom stereocenters. The van der Waals surface area contributed by atoms with E-state index in [0.717, 1.165) is 11.3 Å². The molecule has 10 nitrogen and oxygen atoms in total. The number of amides is 3. The maximum atomic E-state index is 13.7. The number of hydrogen-bond donors (Lipinski definition) is 2. The lowest BCUT2D eigenvalue weighted by Crippen LogP contribution is -2.50. The first-order chi connectivity index (χ1) is 18.5. The summed E-state index contributed by atoms with van der Waals surface area (Å²) in [5, 5.41) is 5.50. The molecule has 3 amide bonds. The zero-order chi connectivity index (χ0) is 28.7. The summed E-state index contributed by atoms with van der Waals surface area (Å²) in [7, 11) is 3.88. The lowest BCUT2D eigenvalue weighted by Gasteiger charge is -2.29. The Balaban J connectivity index is 2.04. The van der Waals surface area contributed by atoms with Gasteiger partial charge in [0.2, 0.25) is 5.91 Å². The number of unbranched alkanes of at least 4 members (excludes halogenated alkanes) is 1. The van der Waals surface area contributed by atoms with E-state index in [1.807, 2.05) is 67.5 Å². The van der Waals surface area contributed by atoms with Crippen molar-refractivity contribution in [2.75, 3.05) is 33.7 Å². The van der Waals surface area contributed by atoms with Gasteiger partial charge >= 0.3 is 12.2 Å². The van der Waals surface area contributed by atoms with Gasteiger partial charge in [-0.1, -0.05) is 36.4 Å². The number of rotatable bonds is 14. The molecule has 0 radical (unpaired) electrons. The van der Waals surface area contributed by atoms with Crippen molar-refractivity contribution in [1.82, 2.24) is 25.4 Å². The van der Waals surface area contributed by atoms with E-state index in [9.17, 15) is 14.4 Å². The second kappa shape index (κ2) is 16.3. The fourth-order valence-electron chi connectivity index (χ4n) is 3.64. The van der Waals surface area contributed by atoms with Gasteiger partial charge in [0, 0.05) is 25.8 Å². The molecule has 0 aliphatic rings. The Bertz CT molecular complexity index is 1010. The molecule has 1 atom stereocenters. The minimum atomic E-state index is -0.791. The molecule has 0 aliphatic carbocycles. The molecule has 2 aromatic rings. The average Bonchev–Trinajstić information content (AvgIpc) is 2.88. The molecule has 10 heteroatoms. The first-order valence-electron chi connectivity index (χ1n) is 13.3. The number of pyridine rings is 1. The van der Waals surface area contributed by atoms with Crippen LogP contribution in [0.3, 0.4) is 0 Å². The smallest absolute Gasteiger partial charge is 0.408 e. The number of nitrogens with zero attached hydrogens (tertiary/aromatic N) is 3. The van der Waals surface area contributed by atoms with Crippen LogP contribution in [-0.2, 0) is 27.4 Å². The van der Waals surface area contributed by atoms with Gasteiger partial charge in [-0.2, -0.15) is 0 Å². The number of hydrogen-bond acceptors (Lipinski definition) is 7. The van der Waals surface area contributed by atoms with Crippen molar-refractivity contribution >= 4 is 18.1 Å². The Morgan fingerprint density at radius 2 is 1.67 bits per heavy atom. The first-order valence-corrected chi connectivity index (χ1v) is 13.3.